The first kappa shape index (κ1) is 14.9. The average molecular weight is 266 g/mol. The van der Waals surface area contributed by atoms with Crippen molar-refractivity contribution in [2.75, 3.05) is 13.2 Å². The molecule has 18 heavy (non-hydrogen) atoms. The van der Waals surface area contributed by atoms with E-state index in [0.717, 1.165) is 12.1 Å². The molecule has 0 aliphatic rings. The Morgan fingerprint density at radius 1 is 1.39 bits per heavy atom. The molecule has 0 bridgehead atoms. The molecular formula is C11H14F4N2O. The average Bonchev–Trinajstić information content (AvgIpc) is 2.30. The predicted octanol–water partition coefficient (Wildman–Crippen LogP) is 2.39. The van der Waals surface area contributed by atoms with E-state index in [0.29, 0.717) is 12.7 Å². The van der Waals surface area contributed by atoms with Crippen molar-refractivity contribution >= 4 is 0 Å². The largest absolute Gasteiger partial charge is 0.416 e. The van der Waals surface area contributed by atoms with Crippen molar-refractivity contribution in [3.63, 3.8) is 0 Å². The summed E-state index contributed by atoms with van der Waals surface area (Å²) in [6.45, 7) is 2.07. The lowest BCUT2D eigenvalue weighted by atomic mass is 10.0. The summed E-state index contributed by atoms with van der Waals surface area (Å²) in [5.74, 6) is 4.44. The highest BCUT2D eigenvalue weighted by molar-refractivity contribution is 5.29. The van der Waals surface area contributed by atoms with Gasteiger partial charge in [0.1, 0.15) is 5.82 Å². The van der Waals surface area contributed by atoms with Gasteiger partial charge >= 0.3 is 6.18 Å². The molecule has 1 aromatic rings. The zero-order chi connectivity index (χ0) is 13.8. The highest BCUT2D eigenvalue weighted by Gasteiger charge is 2.32. The van der Waals surface area contributed by atoms with E-state index in [4.69, 9.17) is 10.6 Å². The minimum Gasteiger partial charge on any atom is -0.380 e. The molecule has 0 radical (unpaired) electrons. The molecule has 102 valence electrons. The van der Waals surface area contributed by atoms with Crippen molar-refractivity contribution in [1.82, 2.24) is 5.43 Å². The van der Waals surface area contributed by atoms with E-state index >= 15 is 0 Å². The van der Waals surface area contributed by atoms with Gasteiger partial charge in [-0.15, -0.1) is 0 Å². The lowest BCUT2D eigenvalue weighted by molar-refractivity contribution is -0.137. The molecule has 0 aliphatic carbocycles. The number of nitrogens with two attached hydrogens (primary N) is 1. The van der Waals surface area contributed by atoms with Crippen molar-refractivity contribution in [2.45, 2.75) is 19.1 Å². The summed E-state index contributed by atoms with van der Waals surface area (Å²) in [4.78, 5) is 0. The smallest absolute Gasteiger partial charge is 0.380 e. The monoisotopic (exact) mass is 266 g/mol. The maximum Gasteiger partial charge on any atom is 0.416 e. The van der Waals surface area contributed by atoms with E-state index in [2.05, 4.69) is 5.43 Å². The Labute approximate surface area is 102 Å². The van der Waals surface area contributed by atoms with E-state index in [1.165, 1.54) is 0 Å². The molecule has 0 heterocycles. The van der Waals surface area contributed by atoms with Gasteiger partial charge in [-0.1, -0.05) is 0 Å². The zero-order valence-corrected chi connectivity index (χ0v) is 9.72. The van der Waals surface area contributed by atoms with Crippen molar-refractivity contribution in [3.05, 3.63) is 35.1 Å². The van der Waals surface area contributed by atoms with Gasteiger partial charge in [0.25, 0.3) is 0 Å². The number of nitrogens with one attached hydrogen (secondary N) is 1. The molecule has 0 fully saturated rings. The van der Waals surface area contributed by atoms with Crippen LogP contribution in [0, 0.1) is 5.82 Å². The quantitative estimate of drug-likeness (QED) is 0.488. The third-order valence-electron chi connectivity index (χ3n) is 2.39. The SMILES string of the molecule is CCOCC(NN)c1cc(C(F)(F)F)ccc1F. The van der Waals surface area contributed by atoms with Crippen LogP contribution in [0.2, 0.25) is 0 Å². The molecule has 1 rings (SSSR count). The van der Waals surface area contributed by atoms with Crippen LogP contribution >= 0.6 is 0 Å². The second kappa shape index (κ2) is 6.12. The molecule has 0 amide bonds. The van der Waals surface area contributed by atoms with E-state index in [1.807, 2.05) is 0 Å². The van der Waals surface area contributed by atoms with Crippen LogP contribution in [0.4, 0.5) is 17.6 Å². The topological polar surface area (TPSA) is 47.3 Å². The van der Waals surface area contributed by atoms with Crippen LogP contribution in [-0.4, -0.2) is 13.2 Å². The first-order chi connectivity index (χ1) is 8.40. The Bertz CT molecular complexity index is 395. The van der Waals surface area contributed by atoms with Gasteiger partial charge in [-0.2, -0.15) is 13.2 Å². The molecule has 7 heteroatoms. The van der Waals surface area contributed by atoms with Gasteiger partial charge in [-0.05, 0) is 25.1 Å². The number of ether oxygens (including phenoxy) is 1. The first-order valence-corrected chi connectivity index (χ1v) is 5.30. The van der Waals surface area contributed by atoms with Crippen molar-refractivity contribution < 1.29 is 22.3 Å². The van der Waals surface area contributed by atoms with Gasteiger partial charge in [0.2, 0.25) is 0 Å². The van der Waals surface area contributed by atoms with Crippen LogP contribution in [0.5, 0.6) is 0 Å². The van der Waals surface area contributed by atoms with Crippen LogP contribution in [0.3, 0.4) is 0 Å². The van der Waals surface area contributed by atoms with Gasteiger partial charge in [-0.3, -0.25) is 11.3 Å². The fraction of sp³-hybridized carbons (Fsp3) is 0.455. The maximum absolute atomic E-state index is 13.5. The van der Waals surface area contributed by atoms with Gasteiger partial charge in [0.15, 0.2) is 0 Å². The molecule has 0 saturated carbocycles. The van der Waals surface area contributed by atoms with E-state index in [1.54, 1.807) is 6.92 Å². The molecule has 0 aromatic heterocycles. The normalized spacial score (nSPS) is 13.7. The van der Waals surface area contributed by atoms with Crippen LogP contribution in [-0.2, 0) is 10.9 Å². The number of halogens is 4. The van der Waals surface area contributed by atoms with Crippen LogP contribution in [0.1, 0.15) is 24.1 Å². The second-order valence-electron chi connectivity index (χ2n) is 3.61. The molecular weight excluding hydrogens is 252 g/mol. The third kappa shape index (κ3) is 3.66. The minimum atomic E-state index is -4.52. The molecule has 1 aromatic carbocycles. The summed E-state index contributed by atoms with van der Waals surface area (Å²) in [6, 6.07) is 1.37. The number of alkyl halides is 3. The van der Waals surface area contributed by atoms with Gasteiger partial charge < -0.3 is 4.74 Å². The molecule has 0 saturated heterocycles. The number of hydrazine groups is 1. The van der Waals surface area contributed by atoms with Crippen molar-refractivity contribution in [2.24, 2.45) is 5.84 Å². The second-order valence-corrected chi connectivity index (χ2v) is 3.61. The van der Waals surface area contributed by atoms with Crippen molar-refractivity contribution in [1.29, 1.82) is 0 Å². The summed E-state index contributed by atoms with van der Waals surface area (Å²) in [5, 5.41) is 0. The van der Waals surface area contributed by atoms with Crippen LogP contribution in [0.15, 0.2) is 18.2 Å². The standard InChI is InChI=1S/C11H14F4N2O/c1-2-18-6-10(17-16)8-5-7(11(13,14)15)3-4-9(8)12/h3-5,10,17H,2,6,16H2,1H3. The first-order valence-electron chi connectivity index (χ1n) is 5.30. The lowest BCUT2D eigenvalue weighted by Gasteiger charge is -2.18. The minimum absolute atomic E-state index is 0.00870. The predicted molar refractivity (Wildman–Crippen MR) is 58.0 cm³/mol. The molecule has 1 atom stereocenters. The number of benzene rings is 1. The Morgan fingerprint density at radius 2 is 2.06 bits per heavy atom. The summed E-state index contributed by atoms with van der Waals surface area (Å²) in [7, 11) is 0. The Hall–Kier alpha value is -1.18. The molecule has 3 nitrogen and oxygen atoms in total. The molecule has 0 spiro atoms. The van der Waals surface area contributed by atoms with E-state index < -0.39 is 23.6 Å². The Balaban J connectivity index is 3.05. The highest BCUT2D eigenvalue weighted by atomic mass is 19.4. The molecule has 1 unspecified atom stereocenters. The van der Waals surface area contributed by atoms with E-state index in [9.17, 15) is 17.6 Å². The molecule has 0 aliphatic heterocycles. The zero-order valence-electron chi connectivity index (χ0n) is 9.72. The van der Waals surface area contributed by atoms with Gasteiger partial charge in [0.05, 0.1) is 18.2 Å². The lowest BCUT2D eigenvalue weighted by Crippen LogP contribution is -2.32. The number of hydrogen-bond donors (Lipinski definition) is 2. The highest BCUT2D eigenvalue weighted by Crippen LogP contribution is 2.31. The third-order valence-corrected chi connectivity index (χ3v) is 2.39. The van der Waals surface area contributed by atoms with Crippen LogP contribution in [0.25, 0.3) is 0 Å². The Morgan fingerprint density at radius 3 is 2.56 bits per heavy atom. The fourth-order valence-electron chi connectivity index (χ4n) is 1.45. The number of hydrogen-bond acceptors (Lipinski definition) is 3. The van der Waals surface area contributed by atoms with E-state index in [-0.39, 0.29) is 12.2 Å². The van der Waals surface area contributed by atoms with Crippen LogP contribution < -0.4 is 11.3 Å². The molecule has 3 N–H and O–H groups in total. The summed E-state index contributed by atoms with van der Waals surface area (Å²) < 4.78 is 56.1. The number of rotatable bonds is 5. The summed E-state index contributed by atoms with van der Waals surface area (Å²) >= 11 is 0. The summed E-state index contributed by atoms with van der Waals surface area (Å²) in [6.07, 6.45) is -4.52. The maximum atomic E-state index is 13.5. The Kier molecular flexibility index (Phi) is 5.06. The fourth-order valence-corrected chi connectivity index (χ4v) is 1.45. The van der Waals surface area contributed by atoms with Gasteiger partial charge in [-0.25, -0.2) is 4.39 Å². The van der Waals surface area contributed by atoms with Crippen molar-refractivity contribution in [3.8, 4) is 0 Å². The summed E-state index contributed by atoms with van der Waals surface area (Å²) in [5.41, 5.74) is 1.15. The van der Waals surface area contributed by atoms with Gasteiger partial charge in [0, 0.05) is 12.2 Å².